The molecule has 0 radical (unpaired) electrons. The van der Waals surface area contributed by atoms with E-state index in [1.54, 1.807) is 4.90 Å². The Morgan fingerprint density at radius 3 is 2.29 bits per heavy atom. The van der Waals surface area contributed by atoms with Crippen molar-refractivity contribution in [3.63, 3.8) is 0 Å². The van der Waals surface area contributed by atoms with Crippen LogP contribution in [0, 0.1) is 0 Å². The molecule has 5 atom stereocenters. The Hall–Kier alpha value is -0.280. The normalized spacial score (nSPS) is 39.2. The minimum atomic E-state index is -1.25. The lowest BCUT2D eigenvalue weighted by Gasteiger charge is -2.35. The summed E-state index contributed by atoms with van der Waals surface area (Å²) in [5.41, 5.74) is 0. The minimum Gasteiger partial charge on any atom is -0.388 e. The molecule has 0 spiro atoms. The van der Waals surface area contributed by atoms with Gasteiger partial charge in [0.05, 0.1) is 19.8 Å². The molecule has 2 aliphatic heterocycles. The number of aliphatic hydroxyl groups is 4. The van der Waals surface area contributed by atoms with Gasteiger partial charge in [0.1, 0.15) is 30.6 Å². The number of nitrogens with zero attached hydrogens (tertiary/aromatic N) is 1. The fraction of sp³-hybridized carbons (Fsp3) is 1.00. The molecule has 0 amide bonds. The van der Waals surface area contributed by atoms with Crippen LogP contribution in [-0.4, -0.2) is 88.9 Å². The summed E-state index contributed by atoms with van der Waals surface area (Å²) in [5, 5.41) is 38.8. The molecule has 2 aliphatic rings. The maximum absolute atomic E-state index is 9.95. The van der Waals surface area contributed by atoms with Crippen LogP contribution in [0.5, 0.6) is 0 Å². The van der Waals surface area contributed by atoms with Gasteiger partial charge in [0.15, 0.2) is 0 Å². The Bertz CT molecular complexity index is 247. The third kappa shape index (κ3) is 2.76. The van der Waals surface area contributed by atoms with Gasteiger partial charge in [-0.2, -0.15) is 0 Å². The van der Waals surface area contributed by atoms with Crippen molar-refractivity contribution in [1.82, 2.24) is 4.90 Å². The van der Waals surface area contributed by atoms with Crippen molar-refractivity contribution < 1.29 is 29.9 Å². The monoisotopic (exact) mass is 249 g/mol. The summed E-state index contributed by atoms with van der Waals surface area (Å²) in [5.74, 6) is 0. The smallest absolute Gasteiger partial charge is 0.136 e. The van der Waals surface area contributed by atoms with E-state index in [2.05, 4.69) is 0 Å². The molecule has 7 heteroatoms. The summed E-state index contributed by atoms with van der Waals surface area (Å²) < 4.78 is 10.2. The Labute approximate surface area is 99.2 Å². The van der Waals surface area contributed by atoms with Crippen LogP contribution in [0.15, 0.2) is 0 Å². The lowest BCUT2D eigenvalue weighted by Crippen LogP contribution is -2.54. The molecule has 0 bridgehead atoms. The highest BCUT2D eigenvalue weighted by molar-refractivity contribution is 4.91. The molecule has 0 aromatic carbocycles. The van der Waals surface area contributed by atoms with Gasteiger partial charge < -0.3 is 29.9 Å². The molecule has 2 saturated heterocycles. The topological polar surface area (TPSA) is 103 Å². The Balaban J connectivity index is 1.91. The summed E-state index contributed by atoms with van der Waals surface area (Å²) in [7, 11) is 0. The molecule has 0 saturated carbocycles. The van der Waals surface area contributed by atoms with Crippen LogP contribution in [0.25, 0.3) is 0 Å². The number of rotatable bonds is 3. The van der Waals surface area contributed by atoms with Crippen LogP contribution < -0.4 is 0 Å². The maximum Gasteiger partial charge on any atom is 0.136 e. The molecule has 2 rings (SSSR count). The number of aliphatic hydroxyl groups excluding tert-OH is 4. The van der Waals surface area contributed by atoms with Crippen LogP contribution in [0.3, 0.4) is 0 Å². The first-order valence-electron chi connectivity index (χ1n) is 5.77. The minimum absolute atomic E-state index is 0.0290. The van der Waals surface area contributed by atoms with Gasteiger partial charge in [0, 0.05) is 13.1 Å². The van der Waals surface area contributed by atoms with Gasteiger partial charge in [-0.25, -0.2) is 0 Å². The fourth-order valence-electron chi connectivity index (χ4n) is 2.15. The molecule has 7 nitrogen and oxygen atoms in total. The standard InChI is InChI=1S/C10H19NO6/c12-6-5-17-9(7(6)13)8(14)10(15)11-1-3-16-4-2-11/h6-10,12-15H,1-5H2/t6-,7-,8+,9+,10?/m1/s1. The van der Waals surface area contributed by atoms with E-state index in [0.29, 0.717) is 26.3 Å². The molecule has 100 valence electrons. The second-order valence-electron chi connectivity index (χ2n) is 4.41. The van der Waals surface area contributed by atoms with Crippen molar-refractivity contribution in [2.75, 3.05) is 32.9 Å². The lowest BCUT2D eigenvalue weighted by atomic mass is 10.0. The number of hydrogen-bond donors (Lipinski definition) is 4. The zero-order valence-electron chi connectivity index (χ0n) is 9.47. The highest BCUT2D eigenvalue weighted by atomic mass is 16.5. The van der Waals surface area contributed by atoms with Crippen molar-refractivity contribution in [2.45, 2.75) is 30.6 Å². The average molecular weight is 249 g/mol. The van der Waals surface area contributed by atoms with Gasteiger partial charge in [-0.3, -0.25) is 4.90 Å². The zero-order valence-corrected chi connectivity index (χ0v) is 9.47. The van der Waals surface area contributed by atoms with E-state index in [-0.39, 0.29) is 6.61 Å². The molecular formula is C10H19NO6. The Morgan fingerprint density at radius 1 is 1.12 bits per heavy atom. The van der Waals surface area contributed by atoms with Crippen LogP contribution in [-0.2, 0) is 9.47 Å². The van der Waals surface area contributed by atoms with E-state index in [9.17, 15) is 20.4 Å². The average Bonchev–Trinajstić information content (AvgIpc) is 2.69. The lowest BCUT2D eigenvalue weighted by molar-refractivity contribution is -0.160. The summed E-state index contributed by atoms with van der Waals surface area (Å²) >= 11 is 0. The van der Waals surface area contributed by atoms with E-state index >= 15 is 0 Å². The van der Waals surface area contributed by atoms with Crippen molar-refractivity contribution in [3.05, 3.63) is 0 Å². The van der Waals surface area contributed by atoms with Gasteiger partial charge >= 0.3 is 0 Å². The van der Waals surface area contributed by atoms with Gasteiger partial charge in [-0.05, 0) is 0 Å². The highest BCUT2D eigenvalue weighted by Crippen LogP contribution is 2.21. The van der Waals surface area contributed by atoms with E-state index < -0.39 is 30.6 Å². The second kappa shape index (κ2) is 5.57. The summed E-state index contributed by atoms with van der Waals surface area (Å²) in [6.45, 7) is 2.01. The van der Waals surface area contributed by atoms with Crippen LogP contribution in [0.1, 0.15) is 0 Å². The zero-order chi connectivity index (χ0) is 12.4. The van der Waals surface area contributed by atoms with E-state index in [1.165, 1.54) is 0 Å². The van der Waals surface area contributed by atoms with Crippen LogP contribution in [0.4, 0.5) is 0 Å². The molecule has 0 aromatic heterocycles. The summed E-state index contributed by atoms with van der Waals surface area (Å²) in [6.07, 6.45) is -5.50. The van der Waals surface area contributed by atoms with Gasteiger partial charge in [-0.15, -0.1) is 0 Å². The Morgan fingerprint density at radius 2 is 1.76 bits per heavy atom. The SMILES string of the molecule is OC([C@@H](O)[C@H]1OC[C@@H](O)[C@H]1O)N1CCOCC1. The summed E-state index contributed by atoms with van der Waals surface area (Å²) in [6, 6.07) is 0. The summed E-state index contributed by atoms with van der Waals surface area (Å²) in [4.78, 5) is 1.66. The first-order chi connectivity index (χ1) is 8.11. The van der Waals surface area contributed by atoms with Crippen LogP contribution in [0.2, 0.25) is 0 Å². The predicted octanol–water partition coefficient (Wildman–Crippen LogP) is -2.88. The molecular weight excluding hydrogens is 230 g/mol. The van der Waals surface area contributed by atoms with E-state index in [0.717, 1.165) is 0 Å². The van der Waals surface area contributed by atoms with Gasteiger partial charge in [-0.1, -0.05) is 0 Å². The van der Waals surface area contributed by atoms with Crippen molar-refractivity contribution >= 4 is 0 Å². The van der Waals surface area contributed by atoms with E-state index in [1.807, 2.05) is 0 Å². The van der Waals surface area contributed by atoms with Crippen molar-refractivity contribution in [2.24, 2.45) is 0 Å². The molecule has 2 fully saturated rings. The molecule has 0 aliphatic carbocycles. The third-order valence-corrected chi connectivity index (χ3v) is 3.25. The fourth-order valence-corrected chi connectivity index (χ4v) is 2.15. The quantitative estimate of drug-likeness (QED) is 0.426. The molecule has 0 aromatic rings. The van der Waals surface area contributed by atoms with Crippen molar-refractivity contribution in [3.8, 4) is 0 Å². The predicted molar refractivity (Wildman–Crippen MR) is 56.2 cm³/mol. The van der Waals surface area contributed by atoms with Crippen molar-refractivity contribution in [1.29, 1.82) is 0 Å². The van der Waals surface area contributed by atoms with E-state index in [4.69, 9.17) is 9.47 Å². The highest BCUT2D eigenvalue weighted by Gasteiger charge is 2.43. The van der Waals surface area contributed by atoms with Crippen LogP contribution >= 0.6 is 0 Å². The maximum atomic E-state index is 9.95. The molecule has 4 N–H and O–H groups in total. The molecule has 1 unspecified atom stereocenters. The largest absolute Gasteiger partial charge is 0.388 e. The Kier molecular flexibility index (Phi) is 4.31. The van der Waals surface area contributed by atoms with Gasteiger partial charge in [0.2, 0.25) is 0 Å². The first kappa shape index (κ1) is 13.2. The molecule has 17 heavy (non-hydrogen) atoms. The number of ether oxygens (including phenoxy) is 2. The third-order valence-electron chi connectivity index (χ3n) is 3.25. The number of hydrogen-bond acceptors (Lipinski definition) is 7. The van der Waals surface area contributed by atoms with Gasteiger partial charge in [0.25, 0.3) is 0 Å². The second-order valence-corrected chi connectivity index (χ2v) is 4.41. The number of morpholine rings is 1. The molecule has 2 heterocycles. The first-order valence-corrected chi connectivity index (χ1v) is 5.77.